The third-order valence-electron chi connectivity index (χ3n) is 2.55. The van der Waals surface area contributed by atoms with Gasteiger partial charge in [-0.2, -0.15) is 0 Å². The van der Waals surface area contributed by atoms with Gasteiger partial charge in [0.25, 0.3) is 0 Å². The summed E-state index contributed by atoms with van der Waals surface area (Å²) in [5.41, 5.74) is 13.7. The SMILES string of the molecule is COCC(C)N(C)c1ccc(N)c(N)c1. The van der Waals surface area contributed by atoms with Gasteiger partial charge in [0.15, 0.2) is 0 Å². The van der Waals surface area contributed by atoms with Crippen LogP contribution in [-0.4, -0.2) is 26.8 Å². The molecule has 0 saturated carbocycles. The summed E-state index contributed by atoms with van der Waals surface area (Å²) in [6.07, 6.45) is 0. The zero-order valence-electron chi connectivity index (χ0n) is 9.53. The Bertz CT molecular complexity index is 328. The quantitative estimate of drug-likeness (QED) is 0.734. The summed E-state index contributed by atoms with van der Waals surface area (Å²) < 4.78 is 5.10. The van der Waals surface area contributed by atoms with E-state index in [2.05, 4.69) is 11.8 Å². The van der Waals surface area contributed by atoms with E-state index in [1.165, 1.54) is 0 Å². The van der Waals surface area contributed by atoms with Crippen LogP contribution in [0.4, 0.5) is 17.1 Å². The van der Waals surface area contributed by atoms with Crippen LogP contribution >= 0.6 is 0 Å². The van der Waals surface area contributed by atoms with E-state index in [9.17, 15) is 0 Å². The third-order valence-corrected chi connectivity index (χ3v) is 2.55. The number of nitrogens with zero attached hydrogens (tertiary/aromatic N) is 1. The third kappa shape index (κ3) is 2.76. The lowest BCUT2D eigenvalue weighted by molar-refractivity contribution is 0.183. The molecule has 1 unspecified atom stereocenters. The largest absolute Gasteiger partial charge is 0.397 e. The van der Waals surface area contributed by atoms with Crippen molar-refractivity contribution in [1.29, 1.82) is 0 Å². The van der Waals surface area contributed by atoms with Crippen molar-refractivity contribution in [3.05, 3.63) is 18.2 Å². The molecule has 4 heteroatoms. The van der Waals surface area contributed by atoms with Crippen molar-refractivity contribution in [3.8, 4) is 0 Å². The second kappa shape index (κ2) is 4.89. The molecule has 15 heavy (non-hydrogen) atoms. The molecular weight excluding hydrogens is 190 g/mol. The lowest BCUT2D eigenvalue weighted by Crippen LogP contribution is -2.32. The second-order valence-corrected chi connectivity index (χ2v) is 3.73. The Balaban J connectivity index is 2.81. The number of methoxy groups -OCH3 is 1. The summed E-state index contributed by atoms with van der Waals surface area (Å²) in [5.74, 6) is 0. The van der Waals surface area contributed by atoms with E-state index >= 15 is 0 Å². The normalized spacial score (nSPS) is 12.5. The Labute approximate surface area is 90.8 Å². The molecule has 0 spiro atoms. The molecule has 0 heterocycles. The smallest absolute Gasteiger partial charge is 0.0663 e. The van der Waals surface area contributed by atoms with Crippen molar-refractivity contribution in [3.63, 3.8) is 0 Å². The first-order chi connectivity index (χ1) is 7.06. The molecule has 0 fully saturated rings. The van der Waals surface area contributed by atoms with Gasteiger partial charge in [0, 0.05) is 25.9 Å². The molecule has 0 bridgehead atoms. The topological polar surface area (TPSA) is 64.5 Å². The molecule has 0 aliphatic heterocycles. The van der Waals surface area contributed by atoms with Gasteiger partial charge in [-0.3, -0.25) is 0 Å². The molecule has 1 atom stereocenters. The molecule has 1 aromatic rings. The number of hydrogen-bond donors (Lipinski definition) is 2. The van der Waals surface area contributed by atoms with E-state index in [-0.39, 0.29) is 0 Å². The van der Waals surface area contributed by atoms with Gasteiger partial charge in [-0.25, -0.2) is 0 Å². The minimum atomic E-state index is 0.304. The van der Waals surface area contributed by atoms with Gasteiger partial charge >= 0.3 is 0 Å². The summed E-state index contributed by atoms with van der Waals surface area (Å²) in [4.78, 5) is 2.11. The van der Waals surface area contributed by atoms with E-state index in [0.717, 1.165) is 5.69 Å². The zero-order chi connectivity index (χ0) is 11.4. The summed E-state index contributed by atoms with van der Waals surface area (Å²) in [5, 5.41) is 0. The zero-order valence-corrected chi connectivity index (χ0v) is 9.53. The van der Waals surface area contributed by atoms with E-state index in [4.69, 9.17) is 16.2 Å². The van der Waals surface area contributed by atoms with Crippen LogP contribution in [0.2, 0.25) is 0 Å². The number of hydrogen-bond acceptors (Lipinski definition) is 4. The minimum absolute atomic E-state index is 0.304. The maximum atomic E-state index is 5.75. The molecule has 4 nitrogen and oxygen atoms in total. The van der Waals surface area contributed by atoms with Crippen LogP contribution in [0.5, 0.6) is 0 Å². The Hall–Kier alpha value is -1.42. The lowest BCUT2D eigenvalue weighted by atomic mass is 10.2. The maximum absolute atomic E-state index is 5.75. The fourth-order valence-corrected chi connectivity index (χ4v) is 1.39. The van der Waals surface area contributed by atoms with Crippen LogP contribution in [0, 0.1) is 0 Å². The van der Waals surface area contributed by atoms with Crippen LogP contribution in [0.15, 0.2) is 18.2 Å². The second-order valence-electron chi connectivity index (χ2n) is 3.73. The van der Waals surface area contributed by atoms with Crippen molar-refractivity contribution in [2.45, 2.75) is 13.0 Å². The molecule has 4 N–H and O–H groups in total. The number of nitrogens with two attached hydrogens (primary N) is 2. The Morgan fingerprint density at radius 2 is 2.00 bits per heavy atom. The Kier molecular flexibility index (Phi) is 3.80. The van der Waals surface area contributed by atoms with Gasteiger partial charge in [-0.15, -0.1) is 0 Å². The van der Waals surface area contributed by atoms with E-state index in [1.54, 1.807) is 7.11 Å². The fourth-order valence-electron chi connectivity index (χ4n) is 1.39. The van der Waals surface area contributed by atoms with Crippen LogP contribution in [0.1, 0.15) is 6.92 Å². The van der Waals surface area contributed by atoms with Gasteiger partial charge in [0.05, 0.1) is 18.0 Å². The summed E-state index contributed by atoms with van der Waals surface area (Å²) >= 11 is 0. The van der Waals surface area contributed by atoms with Gasteiger partial charge in [0.2, 0.25) is 0 Å². The van der Waals surface area contributed by atoms with Crippen LogP contribution in [0.3, 0.4) is 0 Å². The number of rotatable bonds is 4. The predicted molar refractivity (Wildman–Crippen MR) is 65.0 cm³/mol. The molecule has 84 valence electrons. The average Bonchev–Trinajstić information content (AvgIpc) is 2.21. The molecule has 0 saturated heterocycles. The van der Waals surface area contributed by atoms with Gasteiger partial charge < -0.3 is 21.1 Å². The van der Waals surface area contributed by atoms with Crippen molar-refractivity contribution >= 4 is 17.1 Å². The first-order valence-corrected chi connectivity index (χ1v) is 4.93. The van der Waals surface area contributed by atoms with Crippen LogP contribution < -0.4 is 16.4 Å². The summed E-state index contributed by atoms with van der Waals surface area (Å²) in [7, 11) is 3.70. The Morgan fingerprint density at radius 3 is 2.53 bits per heavy atom. The molecule has 0 aliphatic carbocycles. The standard InChI is InChI=1S/C11H19N3O/c1-8(7-15-3)14(2)9-4-5-10(12)11(13)6-9/h4-6,8H,7,12-13H2,1-3H3. The predicted octanol–water partition coefficient (Wildman–Crippen LogP) is 1.32. The van der Waals surface area contributed by atoms with Crippen molar-refractivity contribution in [1.82, 2.24) is 0 Å². The number of nitrogen functional groups attached to an aromatic ring is 2. The van der Waals surface area contributed by atoms with Crippen LogP contribution in [0.25, 0.3) is 0 Å². The highest BCUT2D eigenvalue weighted by molar-refractivity contribution is 5.69. The molecule has 0 aromatic heterocycles. The van der Waals surface area contributed by atoms with Gasteiger partial charge in [-0.05, 0) is 25.1 Å². The molecule has 0 radical (unpaired) electrons. The minimum Gasteiger partial charge on any atom is -0.397 e. The molecule has 0 amide bonds. The van der Waals surface area contributed by atoms with Gasteiger partial charge in [-0.1, -0.05) is 0 Å². The van der Waals surface area contributed by atoms with Crippen molar-refractivity contribution in [2.24, 2.45) is 0 Å². The first-order valence-electron chi connectivity index (χ1n) is 4.93. The van der Waals surface area contributed by atoms with Crippen molar-refractivity contribution in [2.75, 3.05) is 37.1 Å². The monoisotopic (exact) mass is 209 g/mol. The average molecular weight is 209 g/mol. The Morgan fingerprint density at radius 1 is 1.33 bits per heavy atom. The molecule has 0 aliphatic rings. The number of anilines is 3. The number of benzene rings is 1. The van der Waals surface area contributed by atoms with E-state index in [1.807, 2.05) is 25.2 Å². The highest BCUT2D eigenvalue weighted by Crippen LogP contribution is 2.23. The first kappa shape index (κ1) is 11.7. The number of likely N-dealkylation sites (N-methyl/N-ethyl adjacent to an activating group) is 1. The van der Waals surface area contributed by atoms with E-state index in [0.29, 0.717) is 24.0 Å². The molecule has 1 rings (SSSR count). The highest BCUT2D eigenvalue weighted by Gasteiger charge is 2.10. The van der Waals surface area contributed by atoms with Crippen LogP contribution in [-0.2, 0) is 4.74 Å². The maximum Gasteiger partial charge on any atom is 0.0663 e. The van der Waals surface area contributed by atoms with Gasteiger partial charge in [0.1, 0.15) is 0 Å². The van der Waals surface area contributed by atoms with Crippen molar-refractivity contribution < 1.29 is 4.74 Å². The molecule has 1 aromatic carbocycles. The summed E-state index contributed by atoms with van der Waals surface area (Å²) in [6.45, 7) is 2.77. The van der Waals surface area contributed by atoms with E-state index < -0.39 is 0 Å². The summed E-state index contributed by atoms with van der Waals surface area (Å²) in [6, 6.07) is 5.96. The lowest BCUT2D eigenvalue weighted by Gasteiger charge is -2.26. The highest BCUT2D eigenvalue weighted by atomic mass is 16.5. The fraction of sp³-hybridized carbons (Fsp3) is 0.455. The molecular formula is C11H19N3O. The number of ether oxygens (including phenoxy) is 1.